The lowest BCUT2D eigenvalue weighted by Crippen LogP contribution is -1.99. The van der Waals surface area contributed by atoms with E-state index in [0.717, 1.165) is 17.7 Å². The number of ether oxygens (including phenoxy) is 2. The van der Waals surface area contributed by atoms with Crippen molar-refractivity contribution in [3.63, 3.8) is 0 Å². The van der Waals surface area contributed by atoms with Gasteiger partial charge in [-0.15, -0.1) is 0 Å². The van der Waals surface area contributed by atoms with Crippen LogP contribution in [0.4, 0.5) is 0 Å². The normalized spacial score (nSPS) is 9.61. The summed E-state index contributed by atoms with van der Waals surface area (Å²) in [5.74, 6) is 1.51. The van der Waals surface area contributed by atoms with E-state index in [-0.39, 0.29) is 0 Å². The molecule has 0 unspecified atom stereocenters. The highest BCUT2D eigenvalue weighted by molar-refractivity contribution is 5.27. The maximum atomic E-state index is 5.46. The van der Waals surface area contributed by atoms with Crippen LogP contribution in [0.2, 0.25) is 0 Å². The summed E-state index contributed by atoms with van der Waals surface area (Å²) in [7, 11) is 0. The molecular weight excluding hydrogens is 224 g/mol. The van der Waals surface area contributed by atoms with Crippen LogP contribution < -0.4 is 4.74 Å². The van der Waals surface area contributed by atoms with E-state index in [1.165, 1.54) is 5.56 Å². The highest BCUT2D eigenvalue weighted by Crippen LogP contribution is 2.13. The molecule has 0 aliphatic rings. The largest absolute Gasteiger partial charge is 0.494 e. The van der Waals surface area contributed by atoms with Crippen LogP contribution >= 0.6 is 0 Å². The molecule has 2 heteroatoms. The van der Waals surface area contributed by atoms with Crippen molar-refractivity contribution in [3.8, 4) is 5.75 Å². The lowest BCUT2D eigenvalue weighted by molar-refractivity contribution is 0.225. The van der Waals surface area contributed by atoms with Gasteiger partial charge in [0.2, 0.25) is 0 Å². The Balaban J connectivity index is 2.37. The highest BCUT2D eigenvalue weighted by atomic mass is 16.5. The van der Waals surface area contributed by atoms with Gasteiger partial charge in [0, 0.05) is 6.42 Å². The summed E-state index contributed by atoms with van der Waals surface area (Å²) in [6.45, 7) is 14.2. The molecule has 0 atom stereocenters. The van der Waals surface area contributed by atoms with E-state index in [2.05, 4.69) is 19.7 Å². The van der Waals surface area contributed by atoms with E-state index in [1.54, 1.807) is 6.08 Å². The van der Waals surface area contributed by atoms with E-state index in [4.69, 9.17) is 9.47 Å². The topological polar surface area (TPSA) is 18.5 Å². The first-order chi connectivity index (χ1) is 8.63. The van der Waals surface area contributed by atoms with E-state index in [9.17, 15) is 0 Å². The molecular formula is C16H20O2. The predicted octanol–water partition coefficient (Wildman–Crippen LogP) is 3.90. The zero-order valence-electron chi connectivity index (χ0n) is 10.9. The van der Waals surface area contributed by atoms with Crippen LogP contribution in [0.1, 0.15) is 12.5 Å². The smallest absolute Gasteiger partial charge is 0.119 e. The van der Waals surface area contributed by atoms with Gasteiger partial charge in [-0.05, 0) is 30.2 Å². The fourth-order valence-electron chi connectivity index (χ4n) is 1.32. The Labute approximate surface area is 109 Å². The van der Waals surface area contributed by atoms with Gasteiger partial charge >= 0.3 is 0 Å². The molecule has 0 aromatic heterocycles. The first-order valence-corrected chi connectivity index (χ1v) is 5.93. The van der Waals surface area contributed by atoms with Crippen LogP contribution in [0.15, 0.2) is 61.4 Å². The van der Waals surface area contributed by atoms with Gasteiger partial charge in [-0.25, -0.2) is 0 Å². The molecule has 0 fully saturated rings. The van der Waals surface area contributed by atoms with E-state index >= 15 is 0 Å². The van der Waals surface area contributed by atoms with Crippen LogP contribution in [-0.4, -0.2) is 13.2 Å². The molecule has 1 aromatic rings. The minimum absolute atomic E-state index is 0.529. The van der Waals surface area contributed by atoms with Crippen molar-refractivity contribution >= 4 is 0 Å². The third-order valence-electron chi connectivity index (χ3n) is 2.43. The second-order valence-electron chi connectivity index (χ2n) is 4.05. The summed E-state index contributed by atoms with van der Waals surface area (Å²) in [6, 6.07) is 7.97. The van der Waals surface area contributed by atoms with Crippen molar-refractivity contribution in [2.45, 2.75) is 13.3 Å². The lowest BCUT2D eigenvalue weighted by atomic mass is 10.1. The average Bonchev–Trinajstić information content (AvgIpc) is 2.37. The van der Waals surface area contributed by atoms with Crippen LogP contribution in [0, 0.1) is 0 Å². The molecule has 0 heterocycles. The van der Waals surface area contributed by atoms with Crippen LogP contribution in [0.3, 0.4) is 0 Å². The van der Waals surface area contributed by atoms with Crippen LogP contribution in [0.25, 0.3) is 0 Å². The quantitative estimate of drug-likeness (QED) is 0.392. The van der Waals surface area contributed by atoms with Crippen molar-refractivity contribution in [2.24, 2.45) is 0 Å². The monoisotopic (exact) mass is 244 g/mol. The molecule has 0 amide bonds. The SMILES string of the molecule is C=CCOc1ccc(CCOC(=C)C(=C)C)cc1. The molecule has 0 bridgehead atoms. The molecule has 2 nitrogen and oxygen atoms in total. The molecule has 0 N–H and O–H groups in total. The van der Waals surface area contributed by atoms with Gasteiger partial charge in [-0.1, -0.05) is 37.9 Å². The minimum Gasteiger partial charge on any atom is -0.494 e. The van der Waals surface area contributed by atoms with Gasteiger partial charge in [0.15, 0.2) is 0 Å². The number of allylic oxidation sites excluding steroid dienone is 1. The van der Waals surface area contributed by atoms with E-state index < -0.39 is 0 Å². The first kappa shape index (κ1) is 14.1. The van der Waals surface area contributed by atoms with Gasteiger partial charge in [0.25, 0.3) is 0 Å². The van der Waals surface area contributed by atoms with Crippen molar-refractivity contribution in [2.75, 3.05) is 13.2 Å². The highest BCUT2D eigenvalue weighted by Gasteiger charge is 1.98. The molecule has 1 aromatic carbocycles. The predicted molar refractivity (Wildman–Crippen MR) is 75.7 cm³/mol. The molecule has 18 heavy (non-hydrogen) atoms. The Morgan fingerprint density at radius 3 is 2.44 bits per heavy atom. The summed E-state index contributed by atoms with van der Waals surface area (Å²) in [5.41, 5.74) is 2.07. The molecule has 0 radical (unpaired) electrons. The second kappa shape index (κ2) is 7.38. The van der Waals surface area contributed by atoms with Crippen LogP contribution in [-0.2, 0) is 11.2 Å². The van der Waals surface area contributed by atoms with Crippen molar-refractivity contribution in [1.82, 2.24) is 0 Å². The minimum atomic E-state index is 0.529. The fourth-order valence-corrected chi connectivity index (χ4v) is 1.32. The Hall–Kier alpha value is -1.96. The Morgan fingerprint density at radius 1 is 1.22 bits per heavy atom. The van der Waals surface area contributed by atoms with Gasteiger partial charge < -0.3 is 9.47 Å². The second-order valence-corrected chi connectivity index (χ2v) is 4.05. The molecule has 0 saturated heterocycles. The van der Waals surface area contributed by atoms with E-state index in [1.807, 2.05) is 31.2 Å². The fraction of sp³-hybridized carbons (Fsp3) is 0.250. The Kier molecular flexibility index (Phi) is 5.78. The van der Waals surface area contributed by atoms with Crippen molar-refractivity contribution < 1.29 is 9.47 Å². The molecule has 1 rings (SSSR count). The summed E-state index contributed by atoms with van der Waals surface area (Å²) >= 11 is 0. The van der Waals surface area contributed by atoms with Crippen LogP contribution in [0.5, 0.6) is 5.75 Å². The molecule has 0 saturated carbocycles. The molecule has 0 spiro atoms. The summed E-state index contributed by atoms with van der Waals surface area (Å²) in [6.07, 6.45) is 2.57. The molecule has 0 aliphatic heterocycles. The Bertz CT molecular complexity index is 415. The maximum absolute atomic E-state index is 5.46. The van der Waals surface area contributed by atoms with E-state index in [0.29, 0.717) is 19.0 Å². The summed E-state index contributed by atoms with van der Waals surface area (Å²) in [5, 5.41) is 0. The van der Waals surface area contributed by atoms with Gasteiger partial charge in [0.1, 0.15) is 18.1 Å². The molecule has 96 valence electrons. The summed E-state index contributed by atoms with van der Waals surface area (Å²) in [4.78, 5) is 0. The van der Waals surface area contributed by atoms with Crippen molar-refractivity contribution in [3.05, 3.63) is 67.0 Å². The zero-order valence-corrected chi connectivity index (χ0v) is 10.9. The standard InChI is InChI=1S/C16H20O2/c1-5-11-18-16-8-6-15(7-9-16)10-12-17-14(4)13(2)3/h5-9H,1-2,4,10-12H2,3H3. The van der Waals surface area contributed by atoms with Crippen molar-refractivity contribution in [1.29, 1.82) is 0 Å². The maximum Gasteiger partial charge on any atom is 0.119 e. The number of benzene rings is 1. The molecule has 0 aliphatic carbocycles. The average molecular weight is 244 g/mol. The Morgan fingerprint density at radius 2 is 1.89 bits per heavy atom. The zero-order chi connectivity index (χ0) is 13.4. The number of hydrogen-bond acceptors (Lipinski definition) is 2. The third kappa shape index (κ3) is 4.91. The van der Waals surface area contributed by atoms with Gasteiger partial charge in [0.05, 0.1) is 6.61 Å². The first-order valence-electron chi connectivity index (χ1n) is 5.93. The number of hydrogen-bond donors (Lipinski definition) is 0. The van der Waals surface area contributed by atoms with Gasteiger partial charge in [-0.3, -0.25) is 0 Å². The third-order valence-corrected chi connectivity index (χ3v) is 2.43. The lowest BCUT2D eigenvalue weighted by Gasteiger charge is -2.09. The van der Waals surface area contributed by atoms with Gasteiger partial charge in [-0.2, -0.15) is 0 Å². The summed E-state index contributed by atoms with van der Waals surface area (Å²) < 4.78 is 10.9. The number of rotatable bonds is 8.